The van der Waals surface area contributed by atoms with Gasteiger partial charge in [-0.3, -0.25) is 0 Å². The van der Waals surface area contributed by atoms with Gasteiger partial charge >= 0.3 is 12.1 Å². The van der Waals surface area contributed by atoms with Crippen LogP contribution in [0.3, 0.4) is 0 Å². The summed E-state index contributed by atoms with van der Waals surface area (Å²) in [6.07, 6.45) is -1.02. The molecule has 0 saturated heterocycles. The third-order valence-electron chi connectivity index (χ3n) is 2.46. The van der Waals surface area contributed by atoms with E-state index in [0.717, 1.165) is 6.07 Å². The number of carbonyl (C=O) groups is 1. The Morgan fingerprint density at radius 2 is 2.11 bits per heavy atom. The third-order valence-corrected chi connectivity index (χ3v) is 2.46. The maximum Gasteiger partial charge on any atom is 0.417 e. The topological polar surface area (TPSA) is 49.3 Å². The van der Waals surface area contributed by atoms with Crippen LogP contribution in [0.4, 0.5) is 13.2 Å². The Morgan fingerprint density at radius 1 is 1.42 bits per heavy atom. The second-order valence-corrected chi connectivity index (χ2v) is 3.90. The van der Waals surface area contributed by atoms with E-state index in [4.69, 9.17) is 5.11 Å². The van der Waals surface area contributed by atoms with E-state index in [1.807, 2.05) is 0 Å². The van der Waals surface area contributed by atoms with Crippen molar-refractivity contribution in [1.29, 1.82) is 0 Å². The zero-order chi connectivity index (χ0) is 14.5. The van der Waals surface area contributed by atoms with Crippen LogP contribution in [-0.2, 0) is 6.18 Å². The first-order valence-corrected chi connectivity index (χ1v) is 5.62. The predicted octanol–water partition coefficient (Wildman–Crippen LogP) is 3.03. The van der Waals surface area contributed by atoms with Gasteiger partial charge in [0.05, 0.1) is 11.1 Å². The van der Waals surface area contributed by atoms with Crippen LogP contribution in [0.25, 0.3) is 6.08 Å². The van der Waals surface area contributed by atoms with Gasteiger partial charge in [-0.25, -0.2) is 4.79 Å². The molecular weight excluding hydrogens is 259 g/mol. The number of hydrogen-bond acceptors (Lipinski definition) is 2. The quantitative estimate of drug-likeness (QED) is 0.811. The van der Waals surface area contributed by atoms with Crippen LogP contribution in [0.1, 0.15) is 27.9 Å². The van der Waals surface area contributed by atoms with E-state index in [1.54, 1.807) is 13.1 Å². The Kier molecular flexibility index (Phi) is 5.11. The van der Waals surface area contributed by atoms with Crippen molar-refractivity contribution in [3.63, 3.8) is 0 Å². The van der Waals surface area contributed by atoms with Crippen LogP contribution >= 0.6 is 0 Å². The fraction of sp³-hybridized carbons (Fsp3) is 0.308. The summed E-state index contributed by atoms with van der Waals surface area (Å²) < 4.78 is 38.5. The molecule has 0 aliphatic heterocycles. The molecule has 0 atom stereocenters. The van der Waals surface area contributed by atoms with Crippen LogP contribution < -0.4 is 5.32 Å². The van der Waals surface area contributed by atoms with Crippen LogP contribution in [0.15, 0.2) is 24.3 Å². The van der Waals surface area contributed by atoms with Crippen molar-refractivity contribution in [3.05, 3.63) is 41.0 Å². The summed E-state index contributed by atoms with van der Waals surface area (Å²) in [7, 11) is 1.75. The molecule has 1 rings (SSSR count). The molecule has 6 heteroatoms. The SMILES string of the molecule is CNCCC=Cc1ccc(C(=O)O)cc1C(F)(F)F. The highest BCUT2D eigenvalue weighted by atomic mass is 19.4. The Hall–Kier alpha value is -1.82. The molecule has 0 bridgehead atoms. The second kappa shape index (κ2) is 6.38. The van der Waals surface area contributed by atoms with E-state index in [-0.39, 0.29) is 11.1 Å². The highest BCUT2D eigenvalue weighted by Crippen LogP contribution is 2.33. The summed E-state index contributed by atoms with van der Waals surface area (Å²) in [4.78, 5) is 10.7. The molecule has 104 valence electrons. The van der Waals surface area contributed by atoms with Crippen LogP contribution in [0.2, 0.25) is 0 Å². The zero-order valence-electron chi connectivity index (χ0n) is 10.3. The van der Waals surface area contributed by atoms with Crippen LogP contribution in [-0.4, -0.2) is 24.7 Å². The molecule has 0 unspecified atom stereocenters. The summed E-state index contributed by atoms with van der Waals surface area (Å²) in [5, 5.41) is 11.6. The van der Waals surface area contributed by atoms with Crippen molar-refractivity contribution in [2.75, 3.05) is 13.6 Å². The Labute approximate surface area is 108 Å². The van der Waals surface area contributed by atoms with Crippen molar-refractivity contribution < 1.29 is 23.1 Å². The Bertz CT molecular complexity index is 481. The van der Waals surface area contributed by atoms with Gasteiger partial charge in [-0.05, 0) is 37.7 Å². The second-order valence-electron chi connectivity index (χ2n) is 3.90. The van der Waals surface area contributed by atoms with Crippen molar-refractivity contribution >= 4 is 12.0 Å². The van der Waals surface area contributed by atoms with Crippen molar-refractivity contribution in [1.82, 2.24) is 5.32 Å². The smallest absolute Gasteiger partial charge is 0.417 e. The van der Waals surface area contributed by atoms with E-state index >= 15 is 0 Å². The van der Waals surface area contributed by atoms with Crippen molar-refractivity contribution in [2.45, 2.75) is 12.6 Å². The molecule has 0 heterocycles. The number of aromatic carboxylic acids is 1. The minimum Gasteiger partial charge on any atom is -0.478 e. The molecule has 19 heavy (non-hydrogen) atoms. The van der Waals surface area contributed by atoms with Gasteiger partial charge in [0, 0.05) is 0 Å². The molecule has 0 fully saturated rings. The molecule has 1 aromatic rings. The molecule has 0 aliphatic rings. The van der Waals surface area contributed by atoms with Crippen molar-refractivity contribution in [3.8, 4) is 0 Å². The van der Waals surface area contributed by atoms with E-state index < -0.39 is 17.7 Å². The van der Waals surface area contributed by atoms with Gasteiger partial charge in [0.1, 0.15) is 0 Å². The molecule has 0 amide bonds. The molecule has 0 spiro atoms. The highest BCUT2D eigenvalue weighted by Gasteiger charge is 2.33. The highest BCUT2D eigenvalue weighted by molar-refractivity contribution is 5.88. The number of carboxylic acid groups (broad SMARTS) is 1. The number of carboxylic acids is 1. The molecule has 1 aromatic carbocycles. The Morgan fingerprint density at radius 3 is 2.63 bits per heavy atom. The van der Waals surface area contributed by atoms with Gasteiger partial charge in [-0.1, -0.05) is 18.2 Å². The fourth-order valence-corrected chi connectivity index (χ4v) is 1.52. The summed E-state index contributed by atoms with van der Waals surface area (Å²) >= 11 is 0. The number of rotatable bonds is 5. The first-order valence-electron chi connectivity index (χ1n) is 5.62. The van der Waals surface area contributed by atoms with E-state index in [2.05, 4.69) is 5.32 Å². The summed E-state index contributed by atoms with van der Waals surface area (Å²) in [5.74, 6) is -1.38. The molecule has 3 nitrogen and oxygen atoms in total. The monoisotopic (exact) mass is 273 g/mol. The molecule has 0 aromatic heterocycles. The van der Waals surface area contributed by atoms with Crippen LogP contribution in [0.5, 0.6) is 0 Å². The molecule has 2 N–H and O–H groups in total. The summed E-state index contributed by atoms with van der Waals surface area (Å²) in [6, 6.07) is 2.98. The van der Waals surface area contributed by atoms with Gasteiger partial charge in [0.2, 0.25) is 0 Å². The first-order chi connectivity index (χ1) is 8.86. The lowest BCUT2D eigenvalue weighted by Crippen LogP contribution is -2.10. The lowest BCUT2D eigenvalue weighted by atomic mass is 10.0. The Balaban J connectivity index is 3.10. The van der Waals surface area contributed by atoms with Crippen molar-refractivity contribution in [2.24, 2.45) is 0 Å². The lowest BCUT2D eigenvalue weighted by molar-refractivity contribution is -0.137. The van der Waals surface area contributed by atoms with Gasteiger partial charge in [-0.15, -0.1) is 0 Å². The van der Waals surface area contributed by atoms with Gasteiger partial charge in [0.15, 0.2) is 0 Å². The first kappa shape index (κ1) is 15.2. The van der Waals surface area contributed by atoms with E-state index in [9.17, 15) is 18.0 Å². The van der Waals surface area contributed by atoms with E-state index in [1.165, 1.54) is 12.1 Å². The van der Waals surface area contributed by atoms with Gasteiger partial charge < -0.3 is 10.4 Å². The minimum absolute atomic E-state index is 0.0337. The maximum atomic E-state index is 12.8. The summed E-state index contributed by atoms with van der Waals surface area (Å²) in [5.41, 5.74) is -1.35. The number of hydrogen-bond donors (Lipinski definition) is 2. The van der Waals surface area contributed by atoms with Gasteiger partial charge in [-0.2, -0.15) is 13.2 Å². The maximum absolute atomic E-state index is 12.8. The van der Waals surface area contributed by atoms with Crippen LogP contribution in [0, 0.1) is 0 Å². The predicted molar refractivity (Wildman–Crippen MR) is 66.0 cm³/mol. The lowest BCUT2D eigenvalue weighted by Gasteiger charge is -2.11. The largest absolute Gasteiger partial charge is 0.478 e. The fourth-order valence-electron chi connectivity index (χ4n) is 1.52. The summed E-state index contributed by atoms with van der Waals surface area (Å²) in [6.45, 7) is 0.658. The third kappa shape index (κ3) is 4.40. The molecule has 0 aliphatic carbocycles. The normalized spacial score (nSPS) is 12.0. The average Bonchev–Trinajstić information content (AvgIpc) is 2.33. The molecule has 0 saturated carbocycles. The molecule has 0 radical (unpaired) electrons. The van der Waals surface area contributed by atoms with Gasteiger partial charge in [0.25, 0.3) is 0 Å². The molecular formula is C13H14F3NO2. The number of nitrogens with one attached hydrogen (secondary N) is 1. The minimum atomic E-state index is -4.58. The van der Waals surface area contributed by atoms with E-state index in [0.29, 0.717) is 19.0 Å². The zero-order valence-corrected chi connectivity index (χ0v) is 10.3. The number of halogens is 3. The number of benzene rings is 1. The standard InChI is InChI=1S/C13H14F3NO2/c1-17-7-3-2-4-9-5-6-10(12(18)19)8-11(9)13(14,15)16/h2,4-6,8,17H,3,7H2,1H3,(H,18,19). The number of alkyl halides is 3. The average molecular weight is 273 g/mol.